The van der Waals surface area contributed by atoms with Crippen molar-refractivity contribution in [3.8, 4) is 11.1 Å². The Morgan fingerprint density at radius 3 is 2.44 bits per heavy atom. The molecule has 186 valence electrons. The molecule has 1 aliphatic rings. The fraction of sp³-hybridized carbons (Fsp3) is 0.240. The molecular formula is C25H24ClFN6O2S. The van der Waals surface area contributed by atoms with Gasteiger partial charge in [-0.05, 0) is 55.3 Å². The number of pyridine rings is 1. The lowest BCUT2D eigenvalue weighted by molar-refractivity contribution is 0.474. The highest BCUT2D eigenvalue weighted by Crippen LogP contribution is 2.41. The zero-order chi connectivity index (χ0) is 25.3. The Labute approximate surface area is 213 Å². The van der Waals surface area contributed by atoms with Crippen LogP contribution in [0.5, 0.6) is 0 Å². The molecule has 0 bridgehead atoms. The topological polar surface area (TPSA) is 93.0 Å². The molecular weight excluding hydrogens is 503 g/mol. The molecule has 5 rings (SSSR count). The monoisotopic (exact) mass is 526 g/mol. The van der Waals surface area contributed by atoms with Crippen molar-refractivity contribution in [3.05, 3.63) is 83.9 Å². The molecule has 36 heavy (non-hydrogen) atoms. The molecule has 4 aromatic rings. The van der Waals surface area contributed by atoms with Gasteiger partial charge in [0.2, 0.25) is 5.95 Å². The zero-order valence-electron chi connectivity index (χ0n) is 19.5. The summed E-state index contributed by atoms with van der Waals surface area (Å²) in [7, 11) is -1.95. The SMILES string of the molecule is Cn1cnnc1C1CCN(c2c(NS(=O)(=O)c3ccc(Cl)cc3)cccc2-c2ccc(F)nc2)CC1. The predicted octanol–water partition coefficient (Wildman–Crippen LogP) is 4.85. The second-order valence-corrected chi connectivity index (χ2v) is 10.8. The summed E-state index contributed by atoms with van der Waals surface area (Å²) in [5.41, 5.74) is 2.61. The molecule has 0 unspecified atom stereocenters. The third-order valence-corrected chi connectivity index (χ3v) is 8.00. The van der Waals surface area contributed by atoms with Gasteiger partial charge in [0.1, 0.15) is 12.2 Å². The number of nitrogens with zero attached hydrogens (tertiary/aromatic N) is 5. The fourth-order valence-corrected chi connectivity index (χ4v) is 5.77. The summed E-state index contributed by atoms with van der Waals surface area (Å²) >= 11 is 5.94. The van der Waals surface area contributed by atoms with E-state index in [9.17, 15) is 12.8 Å². The normalized spacial score (nSPS) is 14.7. The van der Waals surface area contributed by atoms with Gasteiger partial charge >= 0.3 is 0 Å². The first-order valence-corrected chi connectivity index (χ1v) is 13.3. The van der Waals surface area contributed by atoms with E-state index in [1.54, 1.807) is 24.5 Å². The number of para-hydroxylation sites is 1. The van der Waals surface area contributed by atoms with E-state index in [1.165, 1.54) is 36.5 Å². The zero-order valence-corrected chi connectivity index (χ0v) is 21.0. The number of halogens is 2. The highest BCUT2D eigenvalue weighted by atomic mass is 35.5. The van der Waals surface area contributed by atoms with Crippen molar-refractivity contribution in [2.24, 2.45) is 7.05 Å². The number of benzene rings is 2. The van der Waals surface area contributed by atoms with Gasteiger partial charge in [0.05, 0.1) is 16.3 Å². The lowest BCUT2D eigenvalue weighted by Gasteiger charge is -2.35. The summed E-state index contributed by atoms with van der Waals surface area (Å²) in [6.07, 6.45) is 4.80. The third kappa shape index (κ3) is 4.91. The first-order chi connectivity index (χ1) is 17.3. The van der Waals surface area contributed by atoms with Gasteiger partial charge < -0.3 is 9.47 Å². The second kappa shape index (κ2) is 9.87. The Hall–Kier alpha value is -3.50. The lowest BCUT2D eigenvalue weighted by atomic mass is 9.94. The summed E-state index contributed by atoms with van der Waals surface area (Å²) in [5, 5.41) is 8.72. The maximum atomic E-state index is 13.5. The molecule has 1 N–H and O–H groups in total. The first kappa shape index (κ1) is 24.2. The highest BCUT2D eigenvalue weighted by molar-refractivity contribution is 7.92. The Bertz CT molecular complexity index is 1470. The Morgan fingerprint density at radius 1 is 1.06 bits per heavy atom. The van der Waals surface area contributed by atoms with Crippen LogP contribution in [0.2, 0.25) is 5.02 Å². The van der Waals surface area contributed by atoms with Crippen LogP contribution in [0, 0.1) is 5.95 Å². The minimum Gasteiger partial charge on any atom is -0.369 e. The van der Waals surface area contributed by atoms with E-state index in [0.29, 0.717) is 29.4 Å². The maximum Gasteiger partial charge on any atom is 0.261 e. The van der Waals surface area contributed by atoms with Crippen molar-refractivity contribution in [3.63, 3.8) is 0 Å². The van der Waals surface area contributed by atoms with Crippen LogP contribution in [0.3, 0.4) is 0 Å². The van der Waals surface area contributed by atoms with Crippen LogP contribution in [0.25, 0.3) is 11.1 Å². The van der Waals surface area contributed by atoms with Crippen LogP contribution in [0.15, 0.2) is 72.0 Å². The number of aromatic nitrogens is 4. The quantitative estimate of drug-likeness (QED) is 0.361. The molecule has 11 heteroatoms. The smallest absolute Gasteiger partial charge is 0.261 e. The standard InChI is InChI=1S/C25H24ClFN6O2S/c1-32-16-29-30-25(32)17-11-13-33(14-12-17)24-21(18-5-10-23(27)28-15-18)3-2-4-22(24)31-36(34,35)20-8-6-19(26)7-9-20/h2-10,15-17,31H,11-14H2,1H3. The van der Waals surface area contributed by atoms with Gasteiger partial charge in [-0.25, -0.2) is 13.4 Å². The first-order valence-electron chi connectivity index (χ1n) is 11.4. The molecule has 0 atom stereocenters. The predicted molar refractivity (Wildman–Crippen MR) is 137 cm³/mol. The van der Waals surface area contributed by atoms with Crippen molar-refractivity contribution in [2.75, 3.05) is 22.7 Å². The molecule has 0 aliphatic carbocycles. The maximum absolute atomic E-state index is 13.5. The van der Waals surface area contributed by atoms with Gasteiger partial charge in [-0.3, -0.25) is 4.72 Å². The Balaban J connectivity index is 1.52. The molecule has 3 heterocycles. The molecule has 0 saturated carbocycles. The van der Waals surface area contributed by atoms with E-state index in [4.69, 9.17) is 11.6 Å². The molecule has 0 spiro atoms. The lowest BCUT2D eigenvalue weighted by Crippen LogP contribution is -2.34. The largest absolute Gasteiger partial charge is 0.369 e. The molecule has 8 nitrogen and oxygen atoms in total. The summed E-state index contributed by atoms with van der Waals surface area (Å²) in [5.74, 6) is 0.612. The van der Waals surface area contributed by atoms with Crippen molar-refractivity contribution in [1.82, 2.24) is 19.7 Å². The van der Waals surface area contributed by atoms with Gasteiger partial charge in [0.25, 0.3) is 10.0 Å². The van der Waals surface area contributed by atoms with Gasteiger partial charge in [-0.2, -0.15) is 4.39 Å². The van der Waals surface area contributed by atoms with E-state index in [0.717, 1.165) is 29.9 Å². The second-order valence-electron chi connectivity index (χ2n) is 8.69. The van der Waals surface area contributed by atoms with Crippen molar-refractivity contribution in [2.45, 2.75) is 23.7 Å². The molecule has 1 fully saturated rings. The summed E-state index contributed by atoms with van der Waals surface area (Å²) in [6.45, 7) is 1.36. The van der Waals surface area contributed by atoms with Crippen LogP contribution in [-0.2, 0) is 17.1 Å². The van der Waals surface area contributed by atoms with Crippen molar-refractivity contribution < 1.29 is 12.8 Å². The van der Waals surface area contributed by atoms with Crippen LogP contribution in [0.1, 0.15) is 24.6 Å². The van der Waals surface area contributed by atoms with Crippen LogP contribution in [-0.4, -0.2) is 41.3 Å². The molecule has 1 aliphatic heterocycles. The van der Waals surface area contributed by atoms with E-state index < -0.39 is 16.0 Å². The van der Waals surface area contributed by atoms with Crippen LogP contribution >= 0.6 is 11.6 Å². The van der Waals surface area contributed by atoms with Gasteiger partial charge in [0.15, 0.2) is 0 Å². The number of hydrogen-bond acceptors (Lipinski definition) is 6. The van der Waals surface area contributed by atoms with Gasteiger partial charge in [0, 0.05) is 48.4 Å². The van der Waals surface area contributed by atoms with Crippen molar-refractivity contribution >= 4 is 33.0 Å². The third-order valence-electron chi connectivity index (χ3n) is 6.37. The van der Waals surface area contributed by atoms with E-state index in [1.807, 2.05) is 17.7 Å². The number of piperidine rings is 1. The van der Waals surface area contributed by atoms with E-state index in [-0.39, 0.29) is 10.8 Å². The molecule has 2 aromatic carbocycles. The van der Waals surface area contributed by atoms with E-state index >= 15 is 0 Å². The number of anilines is 2. The number of hydrogen-bond donors (Lipinski definition) is 1. The summed E-state index contributed by atoms with van der Waals surface area (Å²) < 4.78 is 44.7. The average molecular weight is 527 g/mol. The van der Waals surface area contributed by atoms with Crippen molar-refractivity contribution in [1.29, 1.82) is 0 Å². The van der Waals surface area contributed by atoms with Gasteiger partial charge in [-0.1, -0.05) is 23.7 Å². The van der Waals surface area contributed by atoms with Gasteiger partial charge in [-0.15, -0.1) is 10.2 Å². The summed E-state index contributed by atoms with van der Waals surface area (Å²) in [4.78, 5) is 6.07. The number of rotatable bonds is 6. The molecule has 0 amide bonds. The minimum absolute atomic E-state index is 0.104. The Morgan fingerprint density at radius 2 is 1.81 bits per heavy atom. The number of sulfonamides is 1. The number of aryl methyl sites for hydroxylation is 1. The Kier molecular flexibility index (Phi) is 6.63. The fourth-order valence-electron chi connectivity index (χ4n) is 4.58. The minimum atomic E-state index is -3.88. The van der Waals surface area contributed by atoms with Crippen LogP contribution < -0.4 is 9.62 Å². The van der Waals surface area contributed by atoms with Crippen LogP contribution in [0.4, 0.5) is 15.8 Å². The van der Waals surface area contributed by atoms with E-state index in [2.05, 4.69) is 24.8 Å². The highest BCUT2D eigenvalue weighted by Gasteiger charge is 2.28. The average Bonchev–Trinajstić information content (AvgIpc) is 3.30. The number of nitrogens with one attached hydrogen (secondary N) is 1. The molecule has 2 aromatic heterocycles. The molecule has 1 saturated heterocycles. The molecule has 0 radical (unpaired) electrons. The summed E-state index contributed by atoms with van der Waals surface area (Å²) in [6, 6.07) is 14.3.